The van der Waals surface area contributed by atoms with E-state index in [9.17, 15) is 20.1 Å². The first-order valence-corrected chi connectivity index (χ1v) is 9.59. The van der Waals surface area contributed by atoms with Crippen molar-refractivity contribution in [3.05, 3.63) is 12.2 Å². The summed E-state index contributed by atoms with van der Waals surface area (Å²) in [6.07, 6.45) is 1.77. The summed E-state index contributed by atoms with van der Waals surface area (Å²) in [6, 6.07) is 0. The minimum Gasteiger partial charge on any atom is -0.392 e. The molecule has 0 unspecified atom stereocenters. The minimum absolute atomic E-state index is 0.0616. The molecule has 4 saturated carbocycles. The van der Waals surface area contributed by atoms with Crippen LogP contribution in [0.15, 0.2) is 12.2 Å². The Kier molecular flexibility index (Phi) is 2.88. The summed E-state index contributed by atoms with van der Waals surface area (Å²) >= 11 is 0. The average Bonchev–Trinajstić information content (AvgIpc) is 2.75. The molecule has 5 heteroatoms. The number of fused-ring (bicyclic) bond motifs is 2. The van der Waals surface area contributed by atoms with Crippen LogP contribution >= 0.6 is 0 Å². The number of carbonyl (C=O) groups is 1. The number of aliphatic hydroxyl groups is 3. The maximum Gasteiger partial charge on any atom is 0.205 e. The highest BCUT2D eigenvalue weighted by atomic mass is 16.6. The Morgan fingerprint density at radius 2 is 1.92 bits per heavy atom. The third-order valence-electron chi connectivity index (χ3n) is 8.81. The van der Waals surface area contributed by atoms with Crippen LogP contribution in [0.1, 0.15) is 46.0 Å². The lowest BCUT2D eigenvalue weighted by Crippen LogP contribution is -2.83. The van der Waals surface area contributed by atoms with E-state index in [4.69, 9.17) is 4.74 Å². The molecule has 25 heavy (non-hydrogen) atoms. The van der Waals surface area contributed by atoms with Gasteiger partial charge in [-0.15, -0.1) is 0 Å². The van der Waals surface area contributed by atoms with Crippen LogP contribution in [-0.2, 0) is 9.53 Å². The Morgan fingerprint density at radius 1 is 1.20 bits per heavy atom. The second-order valence-electron chi connectivity index (χ2n) is 9.92. The Morgan fingerprint density at radius 3 is 2.64 bits per heavy atom. The summed E-state index contributed by atoms with van der Waals surface area (Å²) in [5.74, 6) is -2.39. The number of Topliss-reactive ketones (excluding diaryl/α,β-unsaturated/α-hetero) is 1. The van der Waals surface area contributed by atoms with E-state index in [0.717, 1.165) is 19.3 Å². The molecule has 6 rings (SSSR count). The van der Waals surface area contributed by atoms with Gasteiger partial charge in [0.15, 0.2) is 5.78 Å². The summed E-state index contributed by atoms with van der Waals surface area (Å²) in [6.45, 7) is 8.41. The van der Waals surface area contributed by atoms with Crippen molar-refractivity contribution in [2.45, 2.75) is 63.9 Å². The summed E-state index contributed by atoms with van der Waals surface area (Å²) in [5, 5.41) is 34.0. The fourth-order valence-electron chi connectivity index (χ4n) is 7.82. The number of ketones is 1. The normalized spacial score (nSPS) is 58.8. The predicted octanol–water partition coefficient (Wildman–Crippen LogP) is 1.40. The monoisotopic (exact) mass is 348 g/mol. The molecule has 0 aromatic carbocycles. The van der Waals surface area contributed by atoms with Gasteiger partial charge in [-0.2, -0.15) is 0 Å². The van der Waals surface area contributed by atoms with Crippen LogP contribution in [0.5, 0.6) is 0 Å². The number of hydrogen-bond donors (Lipinski definition) is 3. The molecule has 2 heterocycles. The van der Waals surface area contributed by atoms with Gasteiger partial charge in [-0.3, -0.25) is 4.79 Å². The Hall–Kier alpha value is -0.750. The first-order chi connectivity index (χ1) is 11.6. The van der Waals surface area contributed by atoms with Gasteiger partial charge in [-0.25, -0.2) is 0 Å². The molecular weight excluding hydrogens is 320 g/mol. The maximum atomic E-state index is 13.3. The quantitative estimate of drug-likeness (QED) is 0.576. The molecule has 2 spiro atoms. The van der Waals surface area contributed by atoms with E-state index in [1.54, 1.807) is 0 Å². The average molecular weight is 348 g/mol. The zero-order valence-corrected chi connectivity index (χ0v) is 15.0. The van der Waals surface area contributed by atoms with E-state index < -0.39 is 28.8 Å². The summed E-state index contributed by atoms with van der Waals surface area (Å²) in [5.41, 5.74) is -1.48. The third-order valence-corrected chi connectivity index (χ3v) is 8.81. The molecule has 2 aliphatic heterocycles. The van der Waals surface area contributed by atoms with E-state index >= 15 is 0 Å². The van der Waals surface area contributed by atoms with Gasteiger partial charge in [0.2, 0.25) is 5.79 Å². The van der Waals surface area contributed by atoms with Crippen LogP contribution in [0.3, 0.4) is 0 Å². The number of carbonyl (C=O) groups excluding carboxylic acids is 1. The summed E-state index contributed by atoms with van der Waals surface area (Å²) in [4.78, 5) is 13.3. The fraction of sp³-hybridized carbons (Fsp3) is 0.850. The topological polar surface area (TPSA) is 87.0 Å². The van der Waals surface area contributed by atoms with Gasteiger partial charge in [0, 0.05) is 11.3 Å². The van der Waals surface area contributed by atoms with Crippen molar-refractivity contribution in [3.63, 3.8) is 0 Å². The third kappa shape index (κ3) is 1.44. The molecule has 3 N–H and O–H groups in total. The molecule has 4 bridgehead atoms. The van der Waals surface area contributed by atoms with Crippen LogP contribution < -0.4 is 0 Å². The second-order valence-corrected chi connectivity index (χ2v) is 9.92. The van der Waals surface area contributed by atoms with E-state index in [1.807, 2.05) is 0 Å². The summed E-state index contributed by atoms with van der Waals surface area (Å²) < 4.78 is 5.89. The zero-order chi connectivity index (χ0) is 18.0. The highest BCUT2D eigenvalue weighted by Gasteiger charge is 2.84. The molecule has 5 nitrogen and oxygen atoms in total. The Balaban J connectivity index is 1.79. The van der Waals surface area contributed by atoms with Gasteiger partial charge in [0.05, 0.1) is 18.1 Å². The molecule has 0 radical (unpaired) electrons. The highest BCUT2D eigenvalue weighted by Crippen LogP contribution is 2.76. The van der Waals surface area contributed by atoms with E-state index in [2.05, 4.69) is 20.4 Å². The van der Waals surface area contributed by atoms with Crippen molar-refractivity contribution >= 4 is 5.78 Å². The zero-order valence-electron chi connectivity index (χ0n) is 15.0. The number of hydrogen-bond acceptors (Lipinski definition) is 5. The lowest BCUT2D eigenvalue weighted by molar-refractivity contribution is -0.448. The fourth-order valence-corrected chi connectivity index (χ4v) is 7.82. The number of ether oxygens (including phenoxy) is 1. The smallest absolute Gasteiger partial charge is 0.205 e. The Bertz CT molecular complexity index is 686. The second kappa shape index (κ2) is 4.38. The molecule has 6 fully saturated rings. The first-order valence-electron chi connectivity index (χ1n) is 9.59. The maximum absolute atomic E-state index is 13.3. The van der Waals surface area contributed by atoms with E-state index in [-0.39, 0.29) is 35.6 Å². The van der Waals surface area contributed by atoms with Crippen molar-refractivity contribution < 1.29 is 24.9 Å². The van der Waals surface area contributed by atoms with Crippen molar-refractivity contribution in [1.82, 2.24) is 0 Å². The summed E-state index contributed by atoms with van der Waals surface area (Å²) in [7, 11) is 0. The molecule has 8 atom stereocenters. The SMILES string of the molecule is C=C1C(=O)[C@]23C[C@H]1CC[C@H]2[C@@]12CO[C@]3(O)[C@@H](O)[C@@H]1C(C)(C)CC[C@H]2O. The van der Waals surface area contributed by atoms with Gasteiger partial charge >= 0.3 is 0 Å². The lowest BCUT2D eigenvalue weighted by Gasteiger charge is -2.74. The van der Waals surface area contributed by atoms with Crippen LogP contribution in [0.4, 0.5) is 0 Å². The predicted molar refractivity (Wildman–Crippen MR) is 89.3 cm³/mol. The van der Waals surface area contributed by atoms with Gasteiger partial charge < -0.3 is 20.1 Å². The van der Waals surface area contributed by atoms with Crippen molar-refractivity contribution in [2.24, 2.45) is 34.0 Å². The first kappa shape index (κ1) is 16.4. The minimum atomic E-state index is -1.87. The number of allylic oxidation sites excluding steroid dienone is 1. The van der Waals surface area contributed by atoms with Crippen LogP contribution in [0, 0.1) is 34.0 Å². The molecule has 0 amide bonds. The largest absolute Gasteiger partial charge is 0.392 e. The van der Waals surface area contributed by atoms with Gasteiger partial charge in [0.25, 0.3) is 0 Å². The molecular formula is C20H28O5. The highest BCUT2D eigenvalue weighted by molar-refractivity contribution is 6.04. The van der Waals surface area contributed by atoms with Gasteiger partial charge in [-0.1, -0.05) is 20.4 Å². The molecule has 0 aromatic heterocycles. The van der Waals surface area contributed by atoms with Gasteiger partial charge in [0.1, 0.15) is 6.10 Å². The Labute approximate surface area is 148 Å². The molecule has 2 saturated heterocycles. The standard InChI is InChI=1S/C20H28O5/c1-10-11-4-5-12-18-9-25-20(24,19(12,8-11)15(10)22)16(23)14(18)17(2,3)7-6-13(18)21/h11-14,16,21,23-24H,1,4-9H2,2-3H3/t11-,12+,13-,14-,16+,18-,19+,20-/m1/s1. The van der Waals surface area contributed by atoms with Crippen LogP contribution in [-0.4, -0.2) is 45.7 Å². The van der Waals surface area contributed by atoms with Gasteiger partial charge in [-0.05, 0) is 54.9 Å². The molecule has 138 valence electrons. The lowest BCUT2D eigenvalue weighted by atomic mass is 9.36. The molecule has 6 aliphatic rings. The van der Waals surface area contributed by atoms with Crippen LogP contribution in [0.25, 0.3) is 0 Å². The number of rotatable bonds is 0. The van der Waals surface area contributed by atoms with Crippen molar-refractivity contribution in [3.8, 4) is 0 Å². The number of aliphatic hydroxyl groups excluding tert-OH is 2. The van der Waals surface area contributed by atoms with Crippen molar-refractivity contribution in [2.75, 3.05) is 6.61 Å². The molecule has 0 aromatic rings. The van der Waals surface area contributed by atoms with Crippen molar-refractivity contribution in [1.29, 1.82) is 0 Å². The molecule has 4 aliphatic carbocycles. The van der Waals surface area contributed by atoms with E-state index in [0.29, 0.717) is 18.4 Å². The van der Waals surface area contributed by atoms with E-state index in [1.165, 1.54) is 0 Å². The van der Waals surface area contributed by atoms with Crippen LogP contribution in [0.2, 0.25) is 0 Å².